The standard InChI is InChI=1S/C11H21NO3S/c1-15-9-11(6-2-3-7-12-11)10-5-4-8-16(10,13)14/h10,12H,2-9H2,1H3. The highest BCUT2D eigenvalue weighted by Crippen LogP contribution is 2.35. The second-order valence-electron chi connectivity index (χ2n) is 4.97. The maximum absolute atomic E-state index is 12.0. The van der Waals surface area contributed by atoms with Crippen LogP contribution in [0.2, 0.25) is 0 Å². The summed E-state index contributed by atoms with van der Waals surface area (Å²) in [5.41, 5.74) is -0.317. The molecule has 2 aliphatic heterocycles. The molecule has 5 heteroatoms. The van der Waals surface area contributed by atoms with Crippen LogP contribution in [0.1, 0.15) is 32.1 Å². The Balaban J connectivity index is 2.24. The van der Waals surface area contributed by atoms with Crippen LogP contribution in [0.25, 0.3) is 0 Å². The minimum absolute atomic E-state index is 0.236. The number of methoxy groups -OCH3 is 1. The highest BCUT2D eigenvalue weighted by molar-refractivity contribution is 7.92. The topological polar surface area (TPSA) is 55.4 Å². The van der Waals surface area contributed by atoms with E-state index in [1.807, 2.05) is 0 Å². The van der Waals surface area contributed by atoms with Gasteiger partial charge < -0.3 is 10.1 Å². The molecule has 0 aromatic carbocycles. The third kappa shape index (κ3) is 2.13. The molecule has 0 aliphatic carbocycles. The fourth-order valence-electron chi connectivity index (χ4n) is 3.15. The lowest BCUT2D eigenvalue weighted by Gasteiger charge is -2.41. The zero-order valence-corrected chi connectivity index (χ0v) is 10.7. The lowest BCUT2D eigenvalue weighted by atomic mass is 9.84. The van der Waals surface area contributed by atoms with Crippen molar-refractivity contribution in [2.45, 2.75) is 42.9 Å². The predicted molar refractivity (Wildman–Crippen MR) is 63.3 cm³/mol. The third-order valence-electron chi connectivity index (χ3n) is 3.87. The van der Waals surface area contributed by atoms with E-state index in [1.165, 1.54) is 0 Å². The molecule has 0 aromatic rings. The zero-order valence-electron chi connectivity index (χ0n) is 9.87. The first-order valence-electron chi connectivity index (χ1n) is 6.06. The van der Waals surface area contributed by atoms with E-state index < -0.39 is 9.84 Å². The first-order valence-corrected chi connectivity index (χ1v) is 7.78. The first kappa shape index (κ1) is 12.3. The van der Waals surface area contributed by atoms with Crippen LogP contribution in [0.15, 0.2) is 0 Å². The van der Waals surface area contributed by atoms with Gasteiger partial charge in [-0.3, -0.25) is 0 Å². The van der Waals surface area contributed by atoms with Gasteiger partial charge in [0.1, 0.15) is 0 Å². The molecule has 0 saturated carbocycles. The molecule has 4 nitrogen and oxygen atoms in total. The monoisotopic (exact) mass is 247 g/mol. The highest BCUT2D eigenvalue weighted by Gasteiger charge is 2.48. The Morgan fingerprint density at radius 1 is 1.38 bits per heavy atom. The second kappa shape index (κ2) is 4.63. The Labute approximate surface area is 97.7 Å². The minimum Gasteiger partial charge on any atom is -0.383 e. The molecular weight excluding hydrogens is 226 g/mol. The van der Waals surface area contributed by atoms with Crippen LogP contribution in [-0.4, -0.2) is 45.2 Å². The van der Waals surface area contributed by atoms with E-state index in [2.05, 4.69) is 5.32 Å². The fourth-order valence-corrected chi connectivity index (χ4v) is 5.49. The second-order valence-corrected chi connectivity index (χ2v) is 7.27. The van der Waals surface area contributed by atoms with Gasteiger partial charge in [0.15, 0.2) is 9.84 Å². The van der Waals surface area contributed by atoms with Gasteiger partial charge in [-0.15, -0.1) is 0 Å². The van der Waals surface area contributed by atoms with Gasteiger partial charge in [0.05, 0.1) is 23.1 Å². The average molecular weight is 247 g/mol. The van der Waals surface area contributed by atoms with Crippen LogP contribution < -0.4 is 5.32 Å². The summed E-state index contributed by atoms with van der Waals surface area (Å²) in [5.74, 6) is 0.352. The maximum atomic E-state index is 12.0. The number of nitrogens with one attached hydrogen (secondary N) is 1. The van der Waals surface area contributed by atoms with Crippen molar-refractivity contribution in [3.63, 3.8) is 0 Å². The molecule has 2 aliphatic rings. The minimum atomic E-state index is -2.91. The molecule has 0 amide bonds. The van der Waals surface area contributed by atoms with E-state index in [1.54, 1.807) is 7.11 Å². The van der Waals surface area contributed by atoms with Crippen LogP contribution in [-0.2, 0) is 14.6 Å². The Hall–Kier alpha value is -0.130. The van der Waals surface area contributed by atoms with Gasteiger partial charge in [0.2, 0.25) is 0 Å². The molecule has 0 aromatic heterocycles. The van der Waals surface area contributed by atoms with Gasteiger partial charge in [-0.2, -0.15) is 0 Å². The van der Waals surface area contributed by atoms with Crippen LogP contribution >= 0.6 is 0 Å². The number of sulfone groups is 1. The fraction of sp³-hybridized carbons (Fsp3) is 1.00. The number of ether oxygens (including phenoxy) is 1. The summed E-state index contributed by atoms with van der Waals surface area (Å²) in [6.07, 6.45) is 4.75. The smallest absolute Gasteiger partial charge is 0.155 e. The Bertz CT molecular complexity index is 328. The number of hydrogen-bond donors (Lipinski definition) is 1. The molecule has 2 fully saturated rings. The Kier molecular flexibility index (Phi) is 3.56. The van der Waals surface area contributed by atoms with Crippen LogP contribution in [0.4, 0.5) is 0 Å². The lowest BCUT2D eigenvalue weighted by molar-refractivity contribution is 0.0856. The molecule has 16 heavy (non-hydrogen) atoms. The average Bonchev–Trinajstić information content (AvgIpc) is 2.60. The van der Waals surface area contributed by atoms with Crippen molar-refractivity contribution in [1.82, 2.24) is 5.32 Å². The molecular formula is C11H21NO3S. The zero-order chi connectivity index (χ0) is 11.6. The SMILES string of the molecule is COCC1(C2CCCS2(=O)=O)CCCCN1. The highest BCUT2D eigenvalue weighted by atomic mass is 32.2. The molecule has 0 spiro atoms. The molecule has 0 radical (unpaired) electrons. The van der Waals surface area contributed by atoms with Crippen molar-refractivity contribution in [3.05, 3.63) is 0 Å². The van der Waals surface area contributed by atoms with Crippen molar-refractivity contribution in [2.24, 2.45) is 0 Å². The van der Waals surface area contributed by atoms with Crippen molar-refractivity contribution in [2.75, 3.05) is 26.0 Å². The largest absolute Gasteiger partial charge is 0.383 e. The summed E-state index contributed by atoms with van der Waals surface area (Å²) in [5, 5.41) is 3.19. The number of hydrogen-bond acceptors (Lipinski definition) is 4. The van der Waals surface area contributed by atoms with Crippen molar-refractivity contribution in [1.29, 1.82) is 0 Å². The lowest BCUT2D eigenvalue weighted by Crippen LogP contribution is -2.61. The van der Waals surface area contributed by atoms with Gasteiger partial charge in [-0.1, -0.05) is 6.42 Å². The molecule has 1 N–H and O–H groups in total. The van der Waals surface area contributed by atoms with Gasteiger partial charge in [-0.05, 0) is 32.2 Å². The molecule has 2 saturated heterocycles. The normalized spacial score (nSPS) is 38.7. The van der Waals surface area contributed by atoms with E-state index in [0.29, 0.717) is 12.4 Å². The molecule has 94 valence electrons. The Morgan fingerprint density at radius 2 is 2.19 bits per heavy atom. The van der Waals surface area contributed by atoms with Gasteiger partial charge in [0, 0.05) is 7.11 Å². The maximum Gasteiger partial charge on any atom is 0.155 e. The van der Waals surface area contributed by atoms with Crippen molar-refractivity contribution < 1.29 is 13.2 Å². The summed E-state index contributed by atoms with van der Waals surface area (Å²) in [6.45, 7) is 1.42. The van der Waals surface area contributed by atoms with Gasteiger partial charge >= 0.3 is 0 Å². The third-order valence-corrected chi connectivity index (χ3v) is 6.29. The van der Waals surface area contributed by atoms with Gasteiger partial charge in [-0.25, -0.2) is 8.42 Å². The summed E-state index contributed by atoms with van der Waals surface area (Å²) in [4.78, 5) is 0. The van der Waals surface area contributed by atoms with Crippen LogP contribution in [0.3, 0.4) is 0 Å². The number of rotatable bonds is 3. The number of piperidine rings is 1. The summed E-state index contributed by atoms with van der Waals surface area (Å²) in [6, 6.07) is 0. The molecule has 2 atom stereocenters. The quantitative estimate of drug-likeness (QED) is 0.798. The molecule has 2 heterocycles. The molecule has 0 bridgehead atoms. The van der Waals surface area contributed by atoms with E-state index >= 15 is 0 Å². The summed E-state index contributed by atoms with van der Waals surface area (Å²) >= 11 is 0. The van der Waals surface area contributed by atoms with Crippen LogP contribution in [0, 0.1) is 0 Å². The van der Waals surface area contributed by atoms with E-state index in [0.717, 1.165) is 38.6 Å². The van der Waals surface area contributed by atoms with Crippen LogP contribution in [0.5, 0.6) is 0 Å². The predicted octanol–water partition coefficient (Wildman–Crippen LogP) is 0.722. The summed E-state index contributed by atoms with van der Waals surface area (Å²) in [7, 11) is -1.26. The Morgan fingerprint density at radius 3 is 2.69 bits per heavy atom. The summed E-state index contributed by atoms with van der Waals surface area (Å²) < 4.78 is 29.4. The van der Waals surface area contributed by atoms with E-state index in [9.17, 15) is 8.42 Å². The molecule has 2 rings (SSSR count). The molecule has 2 unspecified atom stereocenters. The van der Waals surface area contributed by atoms with Gasteiger partial charge in [0.25, 0.3) is 0 Å². The van der Waals surface area contributed by atoms with E-state index in [-0.39, 0.29) is 10.8 Å². The van der Waals surface area contributed by atoms with E-state index in [4.69, 9.17) is 4.74 Å². The van der Waals surface area contributed by atoms with Crippen molar-refractivity contribution >= 4 is 9.84 Å². The van der Waals surface area contributed by atoms with Crippen molar-refractivity contribution in [3.8, 4) is 0 Å². The first-order chi connectivity index (χ1) is 7.61.